The Morgan fingerprint density at radius 2 is 0.405 bits per heavy atom. The minimum absolute atomic E-state index is 0.470. The van der Waals surface area contributed by atoms with Crippen LogP contribution in [0.5, 0.6) is 0 Å². The quantitative estimate of drug-likeness (QED) is 0.249. The van der Waals surface area contributed by atoms with Gasteiger partial charge in [-0.15, -0.1) is 31.7 Å². The van der Waals surface area contributed by atoms with Gasteiger partial charge in [-0.25, -0.2) is 0 Å². The summed E-state index contributed by atoms with van der Waals surface area (Å²) in [6.07, 6.45) is 32.9. The van der Waals surface area contributed by atoms with Crippen molar-refractivity contribution in [3.63, 3.8) is 0 Å². The van der Waals surface area contributed by atoms with Gasteiger partial charge in [0, 0.05) is 0 Å². The Bertz CT molecular complexity index is 600. The highest BCUT2D eigenvalue weighted by molar-refractivity contribution is 7.59. The summed E-state index contributed by atoms with van der Waals surface area (Å²) in [7, 11) is 1.96. The van der Waals surface area contributed by atoms with Crippen molar-refractivity contribution in [1.82, 2.24) is 0 Å². The Balaban J connectivity index is 0.000000101. The fourth-order valence-electron chi connectivity index (χ4n) is 9.67. The Labute approximate surface area is 237 Å². The lowest BCUT2D eigenvalue weighted by atomic mass is 9.99. The molecular weight excluding hydrogens is 520 g/mol. The first-order valence-electron chi connectivity index (χ1n) is 16.9. The van der Waals surface area contributed by atoms with Crippen LogP contribution in [0, 0.1) is 0 Å². The molecule has 0 aromatic heterocycles. The molecule has 0 amide bonds. The number of hydrogen-bond acceptors (Lipinski definition) is 0. The lowest BCUT2D eigenvalue weighted by Crippen LogP contribution is -2.25. The highest BCUT2D eigenvalue weighted by Crippen LogP contribution is 2.62. The average molecular weight is 583 g/mol. The molecular formula is C33H62P4. The molecule has 4 heteroatoms. The summed E-state index contributed by atoms with van der Waals surface area (Å²) in [6, 6.07) is 0. The van der Waals surface area contributed by atoms with E-state index in [4.69, 9.17) is 0 Å². The Hall–Kier alpha value is 1.72. The number of rotatable bonds is 0. The normalized spacial score (nSPS) is 49.0. The molecule has 37 heavy (non-hydrogen) atoms. The molecule has 4 unspecified atom stereocenters. The van der Waals surface area contributed by atoms with Crippen LogP contribution in [-0.2, 0) is 0 Å². The molecule has 0 spiro atoms. The van der Waals surface area contributed by atoms with Crippen molar-refractivity contribution in [2.24, 2.45) is 0 Å². The second-order valence-electron chi connectivity index (χ2n) is 14.3. The van der Waals surface area contributed by atoms with Crippen LogP contribution in [0.2, 0.25) is 0 Å². The molecule has 0 saturated carbocycles. The fraction of sp³-hybridized carbons (Fsp3) is 1.00. The Morgan fingerprint density at radius 3 is 0.622 bits per heavy atom. The monoisotopic (exact) mass is 582 g/mol. The molecule has 8 bridgehead atoms. The van der Waals surface area contributed by atoms with E-state index in [0.29, 0.717) is 31.7 Å². The van der Waals surface area contributed by atoms with Crippen LogP contribution in [-0.4, -0.2) is 71.9 Å². The third kappa shape index (κ3) is 7.77. The van der Waals surface area contributed by atoms with E-state index in [-0.39, 0.29) is 0 Å². The first-order chi connectivity index (χ1) is 18.0. The zero-order valence-electron chi connectivity index (χ0n) is 25.3. The van der Waals surface area contributed by atoms with E-state index >= 15 is 0 Å². The van der Waals surface area contributed by atoms with Gasteiger partial charge in [-0.05, 0) is 175 Å². The standard InChI is InChI=1S/2C9H17P.C8H15P.C7H13P/c1-10-8-4-2-5-9(10)7-3-6-8;1-10-8-4-2-3-5-9(10)7-6-8;1-9-7-3-2-4-8(9)6-5-7;1-8-6-2-3-7(8)5-4-6/h2*8-9H,2-7H2,1H3;7-8H,2-6H2,1H3;6-7H,2-5H2,1H3. The van der Waals surface area contributed by atoms with E-state index < -0.39 is 0 Å². The lowest BCUT2D eigenvalue weighted by molar-refractivity contribution is 0.477. The van der Waals surface area contributed by atoms with Gasteiger partial charge >= 0.3 is 0 Å². The van der Waals surface area contributed by atoms with Crippen molar-refractivity contribution in [3.05, 3.63) is 0 Å². The Kier molecular flexibility index (Phi) is 12.0. The predicted octanol–water partition coefficient (Wildman–Crippen LogP) is 11.6. The first-order valence-corrected chi connectivity index (χ1v) is 24.6. The minimum atomic E-state index is 0.470. The maximum atomic E-state index is 2.54. The molecule has 214 valence electrons. The van der Waals surface area contributed by atoms with Crippen LogP contribution in [0.25, 0.3) is 0 Å². The van der Waals surface area contributed by atoms with E-state index in [2.05, 4.69) is 26.7 Å². The smallest absolute Gasteiger partial charge is 0.0209 e. The van der Waals surface area contributed by atoms with E-state index in [1.165, 1.54) is 58.1 Å². The minimum Gasteiger partial charge on any atom is -0.104 e. The molecule has 0 N–H and O–H groups in total. The molecule has 8 aliphatic rings. The van der Waals surface area contributed by atoms with Crippen LogP contribution >= 0.6 is 31.7 Å². The number of hydrogen-bond donors (Lipinski definition) is 0. The van der Waals surface area contributed by atoms with Gasteiger partial charge in [0.25, 0.3) is 0 Å². The van der Waals surface area contributed by atoms with E-state index in [1.807, 2.05) is 0 Å². The van der Waals surface area contributed by atoms with E-state index in [1.54, 1.807) is 122 Å². The molecule has 0 aromatic carbocycles. The van der Waals surface area contributed by atoms with Crippen molar-refractivity contribution in [2.75, 3.05) is 26.7 Å². The third-order valence-electron chi connectivity index (χ3n) is 12.5. The van der Waals surface area contributed by atoms with Crippen LogP contribution in [0.15, 0.2) is 0 Å². The van der Waals surface area contributed by atoms with Gasteiger partial charge in [0.15, 0.2) is 0 Å². The topological polar surface area (TPSA) is 0 Å². The van der Waals surface area contributed by atoms with Crippen molar-refractivity contribution in [3.8, 4) is 0 Å². The summed E-state index contributed by atoms with van der Waals surface area (Å²) in [5.41, 5.74) is 9.53. The summed E-state index contributed by atoms with van der Waals surface area (Å²) in [5, 5.41) is 0. The molecule has 0 radical (unpaired) electrons. The average Bonchev–Trinajstić information content (AvgIpc) is 3.52. The largest absolute Gasteiger partial charge is 0.104 e. The summed E-state index contributed by atoms with van der Waals surface area (Å²) in [5.74, 6) is 0. The van der Waals surface area contributed by atoms with Gasteiger partial charge in [-0.3, -0.25) is 0 Å². The fourth-order valence-corrected chi connectivity index (χ4v) is 21.2. The summed E-state index contributed by atoms with van der Waals surface area (Å²) in [6.45, 7) is 10.1. The Morgan fingerprint density at radius 1 is 0.243 bits per heavy atom. The van der Waals surface area contributed by atoms with Gasteiger partial charge in [-0.2, -0.15) is 0 Å². The molecule has 8 saturated heterocycles. The molecule has 8 rings (SSSR count). The van der Waals surface area contributed by atoms with Crippen LogP contribution in [0.4, 0.5) is 0 Å². The van der Waals surface area contributed by atoms with E-state index in [0.717, 1.165) is 0 Å². The van der Waals surface area contributed by atoms with Crippen LogP contribution in [0.3, 0.4) is 0 Å². The second-order valence-corrected chi connectivity index (χ2v) is 25.4. The molecule has 8 heterocycles. The maximum absolute atomic E-state index is 2.54. The SMILES string of the molecule is CP1C2CCC1CC2.CP1C2CCCC1CC2.CP1C2CCCC1CCC2.CP1C2CCCCC1CC2. The van der Waals surface area contributed by atoms with Crippen molar-refractivity contribution in [2.45, 2.75) is 180 Å². The third-order valence-corrected chi connectivity index (χ3v) is 25.8. The van der Waals surface area contributed by atoms with Crippen molar-refractivity contribution >= 4 is 31.7 Å². The zero-order chi connectivity index (χ0) is 25.8. The molecule has 8 aliphatic heterocycles. The van der Waals surface area contributed by atoms with Gasteiger partial charge in [0.2, 0.25) is 0 Å². The van der Waals surface area contributed by atoms with Gasteiger partial charge in [0.1, 0.15) is 0 Å². The summed E-state index contributed by atoms with van der Waals surface area (Å²) < 4.78 is 0. The van der Waals surface area contributed by atoms with Gasteiger partial charge < -0.3 is 0 Å². The molecule has 0 nitrogen and oxygen atoms in total. The highest BCUT2D eigenvalue weighted by atomic mass is 31.1. The van der Waals surface area contributed by atoms with Gasteiger partial charge in [-0.1, -0.05) is 32.1 Å². The summed E-state index contributed by atoms with van der Waals surface area (Å²) >= 11 is 0. The maximum Gasteiger partial charge on any atom is -0.0209 e. The second kappa shape index (κ2) is 14.8. The first kappa shape index (κ1) is 30.2. The van der Waals surface area contributed by atoms with Crippen molar-refractivity contribution < 1.29 is 0 Å². The molecule has 0 aromatic rings. The van der Waals surface area contributed by atoms with Gasteiger partial charge in [0.05, 0.1) is 0 Å². The predicted molar refractivity (Wildman–Crippen MR) is 179 cm³/mol. The molecule has 4 atom stereocenters. The lowest BCUT2D eigenvalue weighted by Gasteiger charge is -2.41. The van der Waals surface area contributed by atoms with Crippen LogP contribution < -0.4 is 0 Å². The van der Waals surface area contributed by atoms with E-state index in [9.17, 15) is 0 Å². The van der Waals surface area contributed by atoms with Crippen LogP contribution in [0.1, 0.15) is 135 Å². The summed E-state index contributed by atoms with van der Waals surface area (Å²) in [4.78, 5) is 0. The molecule has 8 fully saturated rings. The number of fused-ring (bicyclic) bond motifs is 8. The molecule has 0 aliphatic carbocycles. The highest BCUT2D eigenvalue weighted by Gasteiger charge is 2.38. The van der Waals surface area contributed by atoms with Crippen molar-refractivity contribution in [1.29, 1.82) is 0 Å². The zero-order valence-corrected chi connectivity index (χ0v) is 28.8.